The first-order valence-electron chi connectivity index (χ1n) is 4.72. The summed E-state index contributed by atoms with van der Waals surface area (Å²) in [5, 5.41) is 0. The van der Waals surface area contributed by atoms with E-state index < -0.39 is 0 Å². The third-order valence-electron chi connectivity index (χ3n) is 3.28. The van der Waals surface area contributed by atoms with E-state index in [0.717, 1.165) is 12.5 Å². The molecule has 0 aromatic rings. The summed E-state index contributed by atoms with van der Waals surface area (Å²) in [7, 11) is 0. The van der Waals surface area contributed by atoms with Crippen LogP contribution in [0.5, 0.6) is 0 Å². The Kier molecular flexibility index (Phi) is 2.58. The van der Waals surface area contributed by atoms with Gasteiger partial charge in [-0.1, -0.05) is 20.8 Å². The fourth-order valence-corrected chi connectivity index (χ4v) is 2.06. The Morgan fingerprint density at radius 1 is 1.55 bits per heavy atom. The summed E-state index contributed by atoms with van der Waals surface area (Å²) in [6.07, 6.45) is 2.99. The Balaban J connectivity index is 2.62. The summed E-state index contributed by atoms with van der Waals surface area (Å²) < 4.78 is 5.62. The zero-order chi connectivity index (χ0) is 8.48. The van der Waals surface area contributed by atoms with Gasteiger partial charge in [-0.25, -0.2) is 0 Å². The van der Waals surface area contributed by atoms with Crippen molar-refractivity contribution < 1.29 is 4.74 Å². The molecule has 1 aliphatic rings. The highest BCUT2D eigenvalue weighted by molar-refractivity contribution is 4.87. The van der Waals surface area contributed by atoms with Gasteiger partial charge < -0.3 is 4.74 Å². The third kappa shape index (κ3) is 1.58. The first-order valence-corrected chi connectivity index (χ1v) is 4.72. The summed E-state index contributed by atoms with van der Waals surface area (Å²) in [5.41, 5.74) is 0.486. The highest BCUT2D eigenvalue weighted by Crippen LogP contribution is 2.41. The van der Waals surface area contributed by atoms with Crippen LogP contribution in [0.2, 0.25) is 0 Å². The molecule has 1 heterocycles. The molecule has 0 spiro atoms. The van der Waals surface area contributed by atoms with E-state index in [-0.39, 0.29) is 0 Å². The first kappa shape index (κ1) is 9.05. The highest BCUT2D eigenvalue weighted by Gasteiger charge is 2.39. The Hall–Kier alpha value is -0.0400. The molecule has 1 aliphatic heterocycles. The molecule has 0 N–H and O–H groups in total. The molecular formula is C10H20O. The third-order valence-corrected chi connectivity index (χ3v) is 3.28. The van der Waals surface area contributed by atoms with Crippen LogP contribution < -0.4 is 0 Å². The van der Waals surface area contributed by atoms with Crippen LogP contribution in [-0.2, 0) is 4.74 Å². The Morgan fingerprint density at radius 3 is 2.36 bits per heavy atom. The van der Waals surface area contributed by atoms with E-state index >= 15 is 0 Å². The lowest BCUT2D eigenvalue weighted by molar-refractivity contribution is 0.0884. The predicted octanol–water partition coefficient (Wildman–Crippen LogP) is 2.85. The first-order chi connectivity index (χ1) is 5.10. The molecule has 1 saturated heterocycles. The van der Waals surface area contributed by atoms with Gasteiger partial charge in [0.2, 0.25) is 0 Å². The number of hydrogen-bond acceptors (Lipinski definition) is 1. The SMILES string of the molecule is CCC1(C(C)C)COC(C)C1. The summed E-state index contributed by atoms with van der Waals surface area (Å²) in [6, 6.07) is 0. The van der Waals surface area contributed by atoms with E-state index in [4.69, 9.17) is 4.74 Å². The minimum absolute atomic E-state index is 0.484. The van der Waals surface area contributed by atoms with Gasteiger partial charge in [0.1, 0.15) is 0 Å². The number of ether oxygens (including phenoxy) is 1. The van der Waals surface area contributed by atoms with Crippen molar-refractivity contribution in [1.82, 2.24) is 0 Å². The van der Waals surface area contributed by atoms with Gasteiger partial charge in [-0.2, -0.15) is 0 Å². The van der Waals surface area contributed by atoms with Gasteiger partial charge in [0.15, 0.2) is 0 Å². The molecule has 2 atom stereocenters. The molecule has 66 valence electrons. The average molecular weight is 156 g/mol. The second-order valence-electron chi connectivity index (χ2n) is 4.20. The Bertz CT molecular complexity index is 131. The lowest BCUT2D eigenvalue weighted by atomic mass is 9.73. The van der Waals surface area contributed by atoms with E-state index in [0.29, 0.717) is 11.5 Å². The zero-order valence-corrected chi connectivity index (χ0v) is 8.18. The summed E-state index contributed by atoms with van der Waals surface area (Å²) in [5.74, 6) is 0.762. The van der Waals surface area contributed by atoms with Gasteiger partial charge in [-0.3, -0.25) is 0 Å². The van der Waals surface area contributed by atoms with Crippen LogP contribution in [0.25, 0.3) is 0 Å². The largest absolute Gasteiger partial charge is 0.378 e. The molecule has 0 aliphatic carbocycles. The van der Waals surface area contributed by atoms with Crippen LogP contribution in [0, 0.1) is 11.3 Å². The van der Waals surface area contributed by atoms with E-state index in [9.17, 15) is 0 Å². The fraction of sp³-hybridized carbons (Fsp3) is 1.00. The predicted molar refractivity (Wildman–Crippen MR) is 47.6 cm³/mol. The molecule has 2 unspecified atom stereocenters. The van der Waals surface area contributed by atoms with Crippen molar-refractivity contribution in [1.29, 1.82) is 0 Å². The Morgan fingerprint density at radius 2 is 2.18 bits per heavy atom. The minimum Gasteiger partial charge on any atom is -0.378 e. The molecule has 11 heavy (non-hydrogen) atoms. The molecular weight excluding hydrogens is 136 g/mol. The van der Waals surface area contributed by atoms with Crippen molar-refractivity contribution in [2.45, 2.75) is 46.6 Å². The lowest BCUT2D eigenvalue weighted by Gasteiger charge is -2.30. The van der Waals surface area contributed by atoms with E-state index in [2.05, 4.69) is 27.7 Å². The van der Waals surface area contributed by atoms with Crippen LogP contribution in [0.1, 0.15) is 40.5 Å². The molecule has 1 heteroatoms. The van der Waals surface area contributed by atoms with Crippen molar-refractivity contribution in [3.63, 3.8) is 0 Å². The van der Waals surface area contributed by atoms with Crippen LogP contribution in [0.4, 0.5) is 0 Å². The minimum atomic E-state index is 0.484. The van der Waals surface area contributed by atoms with Crippen LogP contribution in [0.3, 0.4) is 0 Å². The molecule has 1 fully saturated rings. The number of hydrogen-bond donors (Lipinski definition) is 0. The van der Waals surface area contributed by atoms with Crippen LogP contribution in [0.15, 0.2) is 0 Å². The number of rotatable bonds is 2. The summed E-state index contributed by atoms with van der Waals surface area (Å²) >= 11 is 0. The average Bonchev–Trinajstić information content (AvgIpc) is 2.33. The zero-order valence-electron chi connectivity index (χ0n) is 8.18. The second kappa shape index (κ2) is 3.14. The maximum Gasteiger partial charge on any atom is 0.0553 e. The molecule has 0 bridgehead atoms. The fourth-order valence-electron chi connectivity index (χ4n) is 2.06. The molecule has 1 nitrogen and oxygen atoms in total. The maximum atomic E-state index is 5.62. The van der Waals surface area contributed by atoms with Gasteiger partial charge in [0.25, 0.3) is 0 Å². The monoisotopic (exact) mass is 156 g/mol. The van der Waals surface area contributed by atoms with E-state index in [1.165, 1.54) is 12.8 Å². The van der Waals surface area contributed by atoms with Gasteiger partial charge in [-0.15, -0.1) is 0 Å². The second-order valence-corrected chi connectivity index (χ2v) is 4.20. The molecule has 0 aromatic heterocycles. The smallest absolute Gasteiger partial charge is 0.0553 e. The molecule has 1 rings (SSSR count). The van der Waals surface area contributed by atoms with Crippen LogP contribution in [-0.4, -0.2) is 12.7 Å². The maximum absolute atomic E-state index is 5.62. The standard InChI is InChI=1S/C10H20O/c1-5-10(8(2)3)6-9(4)11-7-10/h8-9H,5-7H2,1-4H3. The Labute approximate surface area is 70.1 Å². The van der Waals surface area contributed by atoms with Crippen molar-refractivity contribution in [2.24, 2.45) is 11.3 Å². The highest BCUT2D eigenvalue weighted by atomic mass is 16.5. The van der Waals surface area contributed by atoms with Gasteiger partial charge >= 0.3 is 0 Å². The molecule has 0 aromatic carbocycles. The molecule has 0 amide bonds. The summed E-state index contributed by atoms with van der Waals surface area (Å²) in [6.45, 7) is 10.1. The normalized spacial score (nSPS) is 38.5. The van der Waals surface area contributed by atoms with Crippen molar-refractivity contribution in [3.05, 3.63) is 0 Å². The summed E-state index contributed by atoms with van der Waals surface area (Å²) in [4.78, 5) is 0. The van der Waals surface area contributed by atoms with Gasteiger partial charge in [0.05, 0.1) is 12.7 Å². The van der Waals surface area contributed by atoms with Gasteiger partial charge in [0, 0.05) is 0 Å². The van der Waals surface area contributed by atoms with E-state index in [1.54, 1.807) is 0 Å². The topological polar surface area (TPSA) is 9.23 Å². The lowest BCUT2D eigenvalue weighted by Crippen LogP contribution is -2.26. The van der Waals surface area contributed by atoms with Gasteiger partial charge in [-0.05, 0) is 31.1 Å². The van der Waals surface area contributed by atoms with Crippen molar-refractivity contribution >= 4 is 0 Å². The van der Waals surface area contributed by atoms with Crippen LogP contribution >= 0.6 is 0 Å². The molecule has 0 radical (unpaired) electrons. The van der Waals surface area contributed by atoms with Crippen molar-refractivity contribution in [2.75, 3.05) is 6.61 Å². The molecule has 0 saturated carbocycles. The quantitative estimate of drug-likeness (QED) is 0.597. The van der Waals surface area contributed by atoms with E-state index in [1.807, 2.05) is 0 Å². The van der Waals surface area contributed by atoms with Crippen molar-refractivity contribution in [3.8, 4) is 0 Å².